The average Bonchev–Trinajstić information content (AvgIpc) is 2.85. The fraction of sp³-hybridized carbons (Fsp3) is 0.500. The smallest absolute Gasteiger partial charge is 0.227 e. The van der Waals surface area contributed by atoms with Crippen molar-refractivity contribution in [2.45, 2.75) is 26.8 Å². The van der Waals surface area contributed by atoms with E-state index < -0.39 is 0 Å². The zero-order valence-electron chi connectivity index (χ0n) is 9.36. The van der Waals surface area contributed by atoms with E-state index in [0.29, 0.717) is 5.89 Å². The van der Waals surface area contributed by atoms with Gasteiger partial charge in [-0.3, -0.25) is 0 Å². The van der Waals surface area contributed by atoms with Crippen LogP contribution in [0.3, 0.4) is 0 Å². The SMILES string of the molecule is Cc1nc(CNCCc2ncno2)sc1C. The minimum absolute atomic E-state index is 0.666. The van der Waals surface area contributed by atoms with Crippen LogP contribution in [0.25, 0.3) is 0 Å². The fourth-order valence-electron chi connectivity index (χ4n) is 1.31. The summed E-state index contributed by atoms with van der Waals surface area (Å²) in [7, 11) is 0. The molecule has 16 heavy (non-hydrogen) atoms. The number of aromatic nitrogens is 3. The second-order valence-electron chi connectivity index (χ2n) is 3.51. The van der Waals surface area contributed by atoms with E-state index in [1.165, 1.54) is 11.2 Å². The van der Waals surface area contributed by atoms with Crippen molar-refractivity contribution < 1.29 is 4.52 Å². The highest BCUT2D eigenvalue weighted by molar-refractivity contribution is 7.11. The third kappa shape index (κ3) is 2.86. The summed E-state index contributed by atoms with van der Waals surface area (Å²) in [6.45, 7) is 5.75. The molecule has 86 valence electrons. The van der Waals surface area contributed by atoms with E-state index in [-0.39, 0.29) is 0 Å². The monoisotopic (exact) mass is 238 g/mol. The van der Waals surface area contributed by atoms with E-state index in [2.05, 4.69) is 27.4 Å². The average molecular weight is 238 g/mol. The Labute approximate surface area is 97.9 Å². The van der Waals surface area contributed by atoms with Crippen LogP contribution < -0.4 is 5.32 Å². The third-order valence-electron chi connectivity index (χ3n) is 2.27. The molecule has 0 unspecified atom stereocenters. The van der Waals surface area contributed by atoms with E-state index in [4.69, 9.17) is 4.52 Å². The standard InChI is InChI=1S/C10H14N4OS/c1-7-8(2)16-10(14-7)5-11-4-3-9-12-6-13-15-9/h6,11H,3-5H2,1-2H3. The van der Waals surface area contributed by atoms with Crippen molar-refractivity contribution in [3.8, 4) is 0 Å². The molecule has 0 bridgehead atoms. The summed E-state index contributed by atoms with van der Waals surface area (Å²) in [6, 6.07) is 0. The number of thiazole rings is 1. The molecule has 0 radical (unpaired) electrons. The summed E-state index contributed by atoms with van der Waals surface area (Å²) in [4.78, 5) is 9.68. The van der Waals surface area contributed by atoms with Crippen molar-refractivity contribution in [2.24, 2.45) is 0 Å². The molecule has 2 rings (SSSR count). The first-order valence-corrected chi connectivity index (χ1v) is 5.96. The van der Waals surface area contributed by atoms with Gasteiger partial charge in [-0.2, -0.15) is 4.98 Å². The molecule has 2 aromatic rings. The quantitative estimate of drug-likeness (QED) is 0.799. The van der Waals surface area contributed by atoms with E-state index in [0.717, 1.165) is 30.2 Å². The van der Waals surface area contributed by atoms with Crippen LogP contribution in [0, 0.1) is 13.8 Å². The van der Waals surface area contributed by atoms with Gasteiger partial charge in [0.15, 0.2) is 6.33 Å². The van der Waals surface area contributed by atoms with Crippen molar-refractivity contribution in [3.05, 3.63) is 27.8 Å². The lowest BCUT2D eigenvalue weighted by molar-refractivity contribution is 0.375. The van der Waals surface area contributed by atoms with Gasteiger partial charge in [-0.25, -0.2) is 4.98 Å². The van der Waals surface area contributed by atoms with Crippen LogP contribution in [-0.2, 0) is 13.0 Å². The molecule has 0 aromatic carbocycles. The van der Waals surface area contributed by atoms with Crippen LogP contribution in [0.4, 0.5) is 0 Å². The largest absolute Gasteiger partial charge is 0.340 e. The van der Waals surface area contributed by atoms with Crippen molar-refractivity contribution in [1.82, 2.24) is 20.4 Å². The zero-order chi connectivity index (χ0) is 11.4. The highest BCUT2D eigenvalue weighted by atomic mass is 32.1. The van der Waals surface area contributed by atoms with Crippen LogP contribution in [0.2, 0.25) is 0 Å². The molecule has 2 heterocycles. The molecule has 2 aromatic heterocycles. The predicted octanol–water partition coefficient (Wildman–Crippen LogP) is 1.48. The Kier molecular flexibility index (Phi) is 3.63. The van der Waals surface area contributed by atoms with E-state index >= 15 is 0 Å². The van der Waals surface area contributed by atoms with E-state index in [1.807, 2.05) is 6.92 Å². The Morgan fingerprint density at radius 1 is 1.44 bits per heavy atom. The Morgan fingerprint density at radius 3 is 2.94 bits per heavy atom. The lowest BCUT2D eigenvalue weighted by Gasteiger charge is -1.98. The van der Waals surface area contributed by atoms with Gasteiger partial charge in [-0.1, -0.05) is 5.16 Å². The number of rotatable bonds is 5. The molecule has 0 saturated heterocycles. The van der Waals surface area contributed by atoms with Gasteiger partial charge in [0.2, 0.25) is 5.89 Å². The van der Waals surface area contributed by atoms with Crippen molar-refractivity contribution in [3.63, 3.8) is 0 Å². The summed E-state index contributed by atoms with van der Waals surface area (Å²) < 4.78 is 4.89. The van der Waals surface area contributed by atoms with E-state index in [1.54, 1.807) is 11.3 Å². The van der Waals surface area contributed by atoms with Gasteiger partial charge in [0.05, 0.1) is 5.69 Å². The topological polar surface area (TPSA) is 63.8 Å². The molecule has 0 fully saturated rings. The molecular weight excluding hydrogens is 224 g/mol. The van der Waals surface area contributed by atoms with Crippen molar-refractivity contribution in [1.29, 1.82) is 0 Å². The maximum Gasteiger partial charge on any atom is 0.227 e. The maximum atomic E-state index is 4.89. The number of aryl methyl sites for hydroxylation is 2. The zero-order valence-corrected chi connectivity index (χ0v) is 10.2. The summed E-state index contributed by atoms with van der Waals surface area (Å²) in [5.74, 6) is 0.666. The molecule has 0 spiro atoms. The molecule has 6 heteroatoms. The predicted molar refractivity (Wildman–Crippen MR) is 61.3 cm³/mol. The lowest BCUT2D eigenvalue weighted by Crippen LogP contribution is -2.16. The van der Waals surface area contributed by atoms with Gasteiger partial charge in [0, 0.05) is 24.4 Å². The Bertz CT molecular complexity index is 418. The Balaban J connectivity index is 1.72. The third-order valence-corrected chi connectivity index (χ3v) is 3.34. The lowest BCUT2D eigenvalue weighted by atomic mass is 10.4. The number of hydrogen-bond acceptors (Lipinski definition) is 6. The van der Waals surface area contributed by atoms with Gasteiger partial charge in [-0.15, -0.1) is 11.3 Å². The van der Waals surface area contributed by atoms with Crippen molar-refractivity contribution in [2.75, 3.05) is 6.54 Å². The normalized spacial score (nSPS) is 10.9. The first-order valence-electron chi connectivity index (χ1n) is 5.15. The van der Waals surface area contributed by atoms with Crippen molar-refractivity contribution >= 4 is 11.3 Å². The van der Waals surface area contributed by atoms with Gasteiger partial charge in [0.25, 0.3) is 0 Å². The molecule has 5 nitrogen and oxygen atoms in total. The van der Waals surface area contributed by atoms with E-state index in [9.17, 15) is 0 Å². The van der Waals surface area contributed by atoms with Crippen LogP contribution in [0.1, 0.15) is 21.5 Å². The summed E-state index contributed by atoms with van der Waals surface area (Å²) in [6.07, 6.45) is 2.17. The maximum absolute atomic E-state index is 4.89. The number of nitrogens with one attached hydrogen (secondary N) is 1. The minimum atomic E-state index is 0.666. The first kappa shape index (κ1) is 11.2. The molecular formula is C10H14N4OS. The van der Waals surface area contributed by atoms with Crippen LogP contribution in [0.5, 0.6) is 0 Å². The van der Waals surface area contributed by atoms with Crippen LogP contribution in [0.15, 0.2) is 10.9 Å². The summed E-state index contributed by atoms with van der Waals surface area (Å²) >= 11 is 1.74. The number of hydrogen-bond donors (Lipinski definition) is 1. The minimum Gasteiger partial charge on any atom is -0.340 e. The highest BCUT2D eigenvalue weighted by Gasteiger charge is 2.03. The Hall–Kier alpha value is -1.27. The molecule has 0 aliphatic carbocycles. The molecule has 1 N–H and O–H groups in total. The fourth-order valence-corrected chi connectivity index (χ4v) is 2.22. The summed E-state index contributed by atoms with van der Waals surface area (Å²) in [5.41, 5.74) is 1.12. The first-order chi connectivity index (χ1) is 7.75. The Morgan fingerprint density at radius 2 is 2.31 bits per heavy atom. The van der Waals surface area contributed by atoms with Gasteiger partial charge < -0.3 is 9.84 Å². The second kappa shape index (κ2) is 5.18. The highest BCUT2D eigenvalue weighted by Crippen LogP contribution is 2.15. The van der Waals surface area contributed by atoms with Gasteiger partial charge in [-0.05, 0) is 13.8 Å². The van der Waals surface area contributed by atoms with Gasteiger partial charge >= 0.3 is 0 Å². The van der Waals surface area contributed by atoms with Gasteiger partial charge in [0.1, 0.15) is 5.01 Å². The molecule has 0 amide bonds. The number of nitrogens with zero attached hydrogens (tertiary/aromatic N) is 3. The molecule has 0 saturated carbocycles. The molecule has 0 aliphatic rings. The second-order valence-corrected chi connectivity index (χ2v) is 4.80. The van der Waals surface area contributed by atoms with Crippen LogP contribution >= 0.6 is 11.3 Å². The summed E-state index contributed by atoms with van der Waals surface area (Å²) in [5, 5.41) is 7.98. The molecule has 0 atom stereocenters. The van der Waals surface area contributed by atoms with Crippen LogP contribution in [-0.4, -0.2) is 21.7 Å². The molecule has 0 aliphatic heterocycles.